The van der Waals surface area contributed by atoms with E-state index in [1.807, 2.05) is 55.5 Å². The largest absolute Gasteiger partial charge is 0.397 e. The number of para-hydroxylation sites is 2. The monoisotopic (exact) mass is 269 g/mol. The van der Waals surface area contributed by atoms with Crippen LogP contribution < -0.4 is 16.0 Å². The van der Waals surface area contributed by atoms with E-state index in [1.165, 1.54) is 0 Å². The second kappa shape index (κ2) is 6.61. The van der Waals surface area contributed by atoms with Gasteiger partial charge >= 0.3 is 6.03 Å². The second-order valence-electron chi connectivity index (χ2n) is 4.45. The van der Waals surface area contributed by atoms with Crippen LogP contribution in [0.2, 0.25) is 0 Å². The number of nitrogen functional groups attached to an aromatic ring is 1. The Morgan fingerprint density at radius 1 is 1.10 bits per heavy atom. The topological polar surface area (TPSA) is 58.4 Å². The van der Waals surface area contributed by atoms with Crippen molar-refractivity contribution in [3.8, 4) is 0 Å². The Labute approximate surface area is 119 Å². The molecule has 0 aliphatic rings. The molecule has 2 aromatic carbocycles. The Kier molecular flexibility index (Phi) is 4.60. The molecule has 0 aromatic heterocycles. The third-order valence-electron chi connectivity index (χ3n) is 3.08. The summed E-state index contributed by atoms with van der Waals surface area (Å²) in [5.41, 5.74) is 8.33. The van der Waals surface area contributed by atoms with Gasteiger partial charge in [0.1, 0.15) is 0 Å². The van der Waals surface area contributed by atoms with Crippen LogP contribution in [0.4, 0.5) is 16.2 Å². The lowest BCUT2D eigenvalue weighted by Gasteiger charge is -2.23. The maximum atomic E-state index is 12.3. The number of amides is 2. The molecule has 0 spiro atoms. The van der Waals surface area contributed by atoms with Gasteiger partial charge in [0, 0.05) is 13.1 Å². The molecule has 0 saturated carbocycles. The van der Waals surface area contributed by atoms with Crippen molar-refractivity contribution in [2.45, 2.75) is 13.5 Å². The van der Waals surface area contributed by atoms with Gasteiger partial charge in [0.05, 0.1) is 11.4 Å². The average molecular weight is 269 g/mol. The predicted octanol–water partition coefficient (Wildman–Crippen LogP) is 3.00. The first kappa shape index (κ1) is 13.9. The highest BCUT2D eigenvalue weighted by Crippen LogP contribution is 2.22. The van der Waals surface area contributed by atoms with Crippen molar-refractivity contribution in [2.24, 2.45) is 0 Å². The van der Waals surface area contributed by atoms with Gasteiger partial charge in [-0.1, -0.05) is 42.5 Å². The van der Waals surface area contributed by atoms with Crippen molar-refractivity contribution in [2.75, 3.05) is 17.2 Å². The highest BCUT2D eigenvalue weighted by molar-refractivity contribution is 5.95. The minimum atomic E-state index is -0.144. The molecule has 3 N–H and O–H groups in total. The summed E-state index contributed by atoms with van der Waals surface area (Å²) in [7, 11) is 0. The zero-order valence-corrected chi connectivity index (χ0v) is 11.5. The third-order valence-corrected chi connectivity index (χ3v) is 3.08. The molecule has 0 fully saturated rings. The van der Waals surface area contributed by atoms with Crippen LogP contribution in [0.3, 0.4) is 0 Å². The van der Waals surface area contributed by atoms with Gasteiger partial charge in [-0.3, -0.25) is 4.90 Å². The molecule has 2 amide bonds. The number of benzene rings is 2. The number of hydrogen-bond acceptors (Lipinski definition) is 2. The molecule has 0 saturated heterocycles. The van der Waals surface area contributed by atoms with E-state index in [4.69, 9.17) is 5.73 Å². The Bertz CT molecular complexity index is 569. The van der Waals surface area contributed by atoms with E-state index in [-0.39, 0.29) is 6.03 Å². The zero-order chi connectivity index (χ0) is 14.4. The van der Waals surface area contributed by atoms with Gasteiger partial charge in [-0.25, -0.2) is 4.79 Å². The van der Waals surface area contributed by atoms with Crippen molar-refractivity contribution >= 4 is 17.4 Å². The summed E-state index contributed by atoms with van der Waals surface area (Å²) in [6.07, 6.45) is 0. The van der Waals surface area contributed by atoms with Crippen molar-refractivity contribution in [3.63, 3.8) is 0 Å². The molecule has 0 heterocycles. The fraction of sp³-hybridized carbons (Fsp3) is 0.188. The normalized spacial score (nSPS) is 10.1. The first-order valence-electron chi connectivity index (χ1n) is 6.66. The molecule has 2 aromatic rings. The van der Waals surface area contributed by atoms with Gasteiger partial charge in [-0.15, -0.1) is 0 Å². The molecule has 0 atom stereocenters. The van der Waals surface area contributed by atoms with Crippen LogP contribution >= 0.6 is 0 Å². The van der Waals surface area contributed by atoms with Gasteiger partial charge in [-0.2, -0.15) is 0 Å². The van der Waals surface area contributed by atoms with E-state index in [1.54, 1.807) is 11.0 Å². The number of anilines is 2. The molecule has 4 nitrogen and oxygen atoms in total. The quantitative estimate of drug-likeness (QED) is 0.838. The Balaban J connectivity index is 2.05. The van der Waals surface area contributed by atoms with Gasteiger partial charge in [0.15, 0.2) is 0 Å². The van der Waals surface area contributed by atoms with Gasteiger partial charge in [0.2, 0.25) is 0 Å². The van der Waals surface area contributed by atoms with Gasteiger partial charge in [-0.05, 0) is 24.6 Å². The number of urea groups is 1. The van der Waals surface area contributed by atoms with Crippen molar-refractivity contribution in [1.82, 2.24) is 5.32 Å². The maximum absolute atomic E-state index is 12.3. The minimum Gasteiger partial charge on any atom is -0.397 e. The molecule has 0 unspecified atom stereocenters. The first-order chi connectivity index (χ1) is 9.72. The Hall–Kier alpha value is -2.49. The molecule has 4 heteroatoms. The van der Waals surface area contributed by atoms with Gasteiger partial charge < -0.3 is 11.1 Å². The summed E-state index contributed by atoms with van der Waals surface area (Å²) in [6.45, 7) is 2.99. The standard InChI is InChI=1S/C16H19N3O/c1-2-19(15-11-7-6-10-14(15)17)16(20)18-12-13-8-4-3-5-9-13/h3-11H,2,12,17H2,1H3,(H,18,20). The van der Waals surface area contributed by atoms with Crippen molar-refractivity contribution in [1.29, 1.82) is 0 Å². The van der Waals surface area contributed by atoms with Crippen LogP contribution in [0.25, 0.3) is 0 Å². The number of nitrogens with zero attached hydrogens (tertiary/aromatic N) is 1. The fourth-order valence-corrected chi connectivity index (χ4v) is 2.03. The molecule has 0 radical (unpaired) electrons. The summed E-state index contributed by atoms with van der Waals surface area (Å²) in [5, 5.41) is 2.91. The number of carbonyl (C=O) groups is 1. The zero-order valence-electron chi connectivity index (χ0n) is 11.5. The Morgan fingerprint density at radius 2 is 1.75 bits per heavy atom. The number of nitrogens with one attached hydrogen (secondary N) is 1. The van der Waals surface area contributed by atoms with Crippen molar-refractivity contribution in [3.05, 3.63) is 60.2 Å². The highest BCUT2D eigenvalue weighted by Gasteiger charge is 2.15. The van der Waals surface area contributed by atoms with Crippen LogP contribution in [0, 0.1) is 0 Å². The summed E-state index contributed by atoms with van der Waals surface area (Å²) in [4.78, 5) is 13.9. The van der Waals surface area contributed by atoms with Gasteiger partial charge in [0.25, 0.3) is 0 Å². The molecule has 20 heavy (non-hydrogen) atoms. The second-order valence-corrected chi connectivity index (χ2v) is 4.45. The molecular weight excluding hydrogens is 250 g/mol. The highest BCUT2D eigenvalue weighted by atomic mass is 16.2. The van der Waals surface area contributed by atoms with E-state index in [0.29, 0.717) is 18.8 Å². The van der Waals surface area contributed by atoms with Crippen LogP contribution in [0.1, 0.15) is 12.5 Å². The minimum absolute atomic E-state index is 0.144. The van der Waals surface area contributed by atoms with E-state index >= 15 is 0 Å². The number of carbonyl (C=O) groups excluding carboxylic acids is 1. The molecule has 104 valence electrons. The van der Waals surface area contributed by atoms with E-state index in [2.05, 4.69) is 5.32 Å². The SMILES string of the molecule is CCN(C(=O)NCc1ccccc1)c1ccccc1N. The number of hydrogen-bond donors (Lipinski definition) is 2. The van der Waals surface area contributed by atoms with E-state index < -0.39 is 0 Å². The van der Waals surface area contributed by atoms with Crippen molar-refractivity contribution < 1.29 is 4.79 Å². The number of rotatable bonds is 4. The van der Waals surface area contributed by atoms with E-state index in [0.717, 1.165) is 11.3 Å². The molecule has 0 aliphatic carbocycles. The third kappa shape index (κ3) is 3.29. The lowest BCUT2D eigenvalue weighted by atomic mass is 10.2. The summed E-state index contributed by atoms with van der Waals surface area (Å²) in [5.74, 6) is 0. The van der Waals surface area contributed by atoms with Crippen LogP contribution in [-0.2, 0) is 6.54 Å². The van der Waals surface area contributed by atoms with Crippen LogP contribution in [0.5, 0.6) is 0 Å². The average Bonchev–Trinajstić information content (AvgIpc) is 2.49. The lowest BCUT2D eigenvalue weighted by Crippen LogP contribution is -2.40. The predicted molar refractivity (Wildman–Crippen MR) is 82.6 cm³/mol. The molecule has 0 bridgehead atoms. The molecular formula is C16H19N3O. The van der Waals surface area contributed by atoms with Crippen LogP contribution in [-0.4, -0.2) is 12.6 Å². The summed E-state index contributed by atoms with van der Waals surface area (Å²) >= 11 is 0. The summed E-state index contributed by atoms with van der Waals surface area (Å²) < 4.78 is 0. The molecule has 2 rings (SSSR count). The Morgan fingerprint density at radius 3 is 2.40 bits per heavy atom. The molecule has 0 aliphatic heterocycles. The maximum Gasteiger partial charge on any atom is 0.322 e. The first-order valence-corrected chi connectivity index (χ1v) is 6.66. The van der Waals surface area contributed by atoms with Crippen LogP contribution in [0.15, 0.2) is 54.6 Å². The lowest BCUT2D eigenvalue weighted by molar-refractivity contribution is 0.246. The summed E-state index contributed by atoms with van der Waals surface area (Å²) in [6, 6.07) is 17.0. The smallest absolute Gasteiger partial charge is 0.322 e. The van der Waals surface area contributed by atoms with E-state index in [9.17, 15) is 4.79 Å². The number of nitrogens with two attached hydrogens (primary N) is 1. The fourth-order valence-electron chi connectivity index (χ4n) is 2.03.